The van der Waals surface area contributed by atoms with Crippen molar-refractivity contribution in [3.8, 4) is 0 Å². The zero-order chi connectivity index (χ0) is 13.1. The molecule has 1 aliphatic heterocycles. The molecule has 1 heterocycles. The minimum Gasteiger partial charge on any atom is -0.460 e. The summed E-state index contributed by atoms with van der Waals surface area (Å²) in [5.74, 6) is 1.96. The minimum absolute atomic E-state index is 0.00572. The van der Waals surface area contributed by atoms with Gasteiger partial charge in [-0.2, -0.15) is 0 Å². The Hall–Kier alpha value is -0.570. The van der Waals surface area contributed by atoms with Crippen LogP contribution >= 0.6 is 0 Å². The molecular formula is C15H24O3. The summed E-state index contributed by atoms with van der Waals surface area (Å²) < 4.78 is 11.3. The van der Waals surface area contributed by atoms with Gasteiger partial charge in [-0.25, -0.2) is 0 Å². The van der Waals surface area contributed by atoms with Gasteiger partial charge in [0.15, 0.2) is 0 Å². The van der Waals surface area contributed by atoms with Crippen molar-refractivity contribution in [1.82, 2.24) is 0 Å². The zero-order valence-corrected chi connectivity index (χ0v) is 11.8. The van der Waals surface area contributed by atoms with E-state index in [0.29, 0.717) is 23.4 Å². The first-order valence-electron chi connectivity index (χ1n) is 7.27. The monoisotopic (exact) mass is 252 g/mol. The van der Waals surface area contributed by atoms with Crippen molar-refractivity contribution < 1.29 is 14.3 Å². The summed E-state index contributed by atoms with van der Waals surface area (Å²) in [7, 11) is 0. The predicted octanol–water partition coefficient (Wildman–Crippen LogP) is 2.78. The second kappa shape index (κ2) is 3.96. The summed E-state index contributed by atoms with van der Waals surface area (Å²) in [4.78, 5) is 11.2. The second-order valence-electron chi connectivity index (χ2n) is 6.81. The van der Waals surface area contributed by atoms with Gasteiger partial charge < -0.3 is 9.47 Å². The number of hydrogen-bond donors (Lipinski definition) is 0. The standard InChI is InChI=1S/C15H24O3/c1-8-5-6-11-7-12(17-10(3)16)13-14(18-13)15(11,4)9(8)2/h8-9,11-14H,5-7H2,1-4H3/t8?,9?,11?,12-,13-,14-,15-/m1/s1. The highest BCUT2D eigenvalue weighted by atomic mass is 16.6. The van der Waals surface area contributed by atoms with Crippen molar-refractivity contribution in [1.29, 1.82) is 0 Å². The third-order valence-electron chi connectivity index (χ3n) is 6.02. The largest absolute Gasteiger partial charge is 0.460 e. The van der Waals surface area contributed by atoms with Crippen LogP contribution < -0.4 is 0 Å². The van der Waals surface area contributed by atoms with Gasteiger partial charge >= 0.3 is 5.97 Å². The molecule has 3 heteroatoms. The van der Waals surface area contributed by atoms with Crippen LogP contribution in [0, 0.1) is 23.2 Å². The van der Waals surface area contributed by atoms with Crippen molar-refractivity contribution >= 4 is 5.97 Å². The molecule has 3 unspecified atom stereocenters. The van der Waals surface area contributed by atoms with E-state index in [4.69, 9.17) is 9.47 Å². The molecule has 102 valence electrons. The van der Waals surface area contributed by atoms with E-state index in [0.717, 1.165) is 12.3 Å². The van der Waals surface area contributed by atoms with Crippen LogP contribution in [0.15, 0.2) is 0 Å². The number of rotatable bonds is 1. The number of carbonyl (C=O) groups is 1. The first kappa shape index (κ1) is 12.5. The lowest BCUT2D eigenvalue weighted by Crippen LogP contribution is -2.51. The van der Waals surface area contributed by atoms with Crippen molar-refractivity contribution in [2.45, 2.75) is 65.3 Å². The Labute approximate surface area is 109 Å². The number of epoxide rings is 1. The third kappa shape index (κ3) is 1.63. The normalized spacial score (nSPS) is 54.2. The topological polar surface area (TPSA) is 38.8 Å². The summed E-state index contributed by atoms with van der Waals surface area (Å²) in [6.45, 7) is 8.63. The summed E-state index contributed by atoms with van der Waals surface area (Å²) in [5, 5.41) is 0. The molecule has 18 heavy (non-hydrogen) atoms. The molecule has 3 nitrogen and oxygen atoms in total. The van der Waals surface area contributed by atoms with E-state index in [2.05, 4.69) is 20.8 Å². The van der Waals surface area contributed by atoms with E-state index < -0.39 is 0 Å². The Balaban J connectivity index is 1.81. The molecule has 0 aromatic carbocycles. The molecule has 0 aromatic rings. The lowest BCUT2D eigenvalue weighted by molar-refractivity contribution is -0.151. The van der Waals surface area contributed by atoms with E-state index in [9.17, 15) is 4.79 Å². The van der Waals surface area contributed by atoms with Gasteiger partial charge in [0.25, 0.3) is 0 Å². The van der Waals surface area contributed by atoms with Gasteiger partial charge in [-0.3, -0.25) is 4.79 Å². The fourth-order valence-corrected chi connectivity index (χ4v) is 4.52. The molecule has 0 bridgehead atoms. The zero-order valence-electron chi connectivity index (χ0n) is 11.8. The van der Waals surface area contributed by atoms with Crippen LogP contribution in [0.4, 0.5) is 0 Å². The van der Waals surface area contributed by atoms with Crippen LogP contribution in [0.25, 0.3) is 0 Å². The summed E-state index contributed by atoms with van der Waals surface area (Å²) in [5.41, 5.74) is 0.291. The molecule has 0 N–H and O–H groups in total. The average molecular weight is 252 g/mol. The van der Waals surface area contributed by atoms with Crippen LogP contribution in [0.3, 0.4) is 0 Å². The van der Waals surface area contributed by atoms with Crippen LogP contribution in [0.5, 0.6) is 0 Å². The van der Waals surface area contributed by atoms with Gasteiger partial charge in [-0.15, -0.1) is 0 Å². The SMILES string of the molecule is CC(=O)O[C@@H]1CC2CCC(C)C(C)[C@@]2(C)[C@@H]2O[C@@H]21. The molecule has 2 saturated carbocycles. The van der Waals surface area contributed by atoms with Crippen molar-refractivity contribution in [3.05, 3.63) is 0 Å². The van der Waals surface area contributed by atoms with Crippen LogP contribution in [0.1, 0.15) is 47.0 Å². The Morgan fingerprint density at radius 1 is 1.33 bits per heavy atom. The Bertz CT molecular complexity index is 367. The van der Waals surface area contributed by atoms with Gasteiger partial charge in [0.05, 0.1) is 6.10 Å². The van der Waals surface area contributed by atoms with Crippen LogP contribution in [0.2, 0.25) is 0 Å². The molecule has 3 aliphatic rings. The summed E-state index contributed by atoms with van der Waals surface area (Å²) in [6, 6.07) is 0. The van der Waals surface area contributed by atoms with E-state index >= 15 is 0 Å². The van der Waals surface area contributed by atoms with Crippen LogP contribution in [-0.2, 0) is 14.3 Å². The Morgan fingerprint density at radius 2 is 2.06 bits per heavy atom. The average Bonchev–Trinajstić information content (AvgIpc) is 3.08. The molecule has 2 aliphatic carbocycles. The van der Waals surface area contributed by atoms with Crippen molar-refractivity contribution in [2.24, 2.45) is 23.2 Å². The smallest absolute Gasteiger partial charge is 0.302 e. The van der Waals surface area contributed by atoms with Crippen molar-refractivity contribution in [3.63, 3.8) is 0 Å². The number of esters is 1. The highest BCUT2D eigenvalue weighted by Crippen LogP contribution is 2.61. The maximum Gasteiger partial charge on any atom is 0.302 e. The number of hydrogen-bond acceptors (Lipinski definition) is 3. The molecule has 0 spiro atoms. The molecule has 0 radical (unpaired) electrons. The Kier molecular flexibility index (Phi) is 2.74. The minimum atomic E-state index is -0.171. The van der Waals surface area contributed by atoms with Gasteiger partial charge in [-0.05, 0) is 30.6 Å². The van der Waals surface area contributed by atoms with Gasteiger partial charge in [0.2, 0.25) is 0 Å². The third-order valence-corrected chi connectivity index (χ3v) is 6.02. The maximum atomic E-state index is 11.2. The first-order valence-corrected chi connectivity index (χ1v) is 7.27. The van der Waals surface area contributed by atoms with Gasteiger partial charge in [0, 0.05) is 12.3 Å². The second-order valence-corrected chi connectivity index (χ2v) is 6.81. The molecule has 0 amide bonds. The number of ether oxygens (including phenoxy) is 2. The van der Waals surface area contributed by atoms with E-state index in [1.807, 2.05) is 0 Å². The molecular weight excluding hydrogens is 228 g/mol. The lowest BCUT2D eigenvalue weighted by atomic mass is 9.53. The van der Waals surface area contributed by atoms with E-state index in [1.165, 1.54) is 19.8 Å². The number of fused-ring (bicyclic) bond motifs is 3. The fraction of sp³-hybridized carbons (Fsp3) is 0.933. The maximum absolute atomic E-state index is 11.2. The molecule has 3 rings (SSSR count). The first-order chi connectivity index (χ1) is 8.44. The quantitative estimate of drug-likeness (QED) is 0.532. The highest BCUT2D eigenvalue weighted by molar-refractivity contribution is 5.66. The fourth-order valence-electron chi connectivity index (χ4n) is 4.52. The molecule has 0 aromatic heterocycles. The van der Waals surface area contributed by atoms with Gasteiger partial charge in [0.1, 0.15) is 12.2 Å². The van der Waals surface area contributed by atoms with E-state index in [-0.39, 0.29) is 18.2 Å². The molecule has 1 saturated heterocycles. The summed E-state index contributed by atoms with van der Waals surface area (Å²) in [6.07, 6.45) is 4.04. The molecule has 7 atom stereocenters. The van der Waals surface area contributed by atoms with Gasteiger partial charge in [-0.1, -0.05) is 27.2 Å². The Morgan fingerprint density at radius 3 is 2.72 bits per heavy atom. The van der Waals surface area contributed by atoms with Crippen molar-refractivity contribution in [2.75, 3.05) is 0 Å². The van der Waals surface area contributed by atoms with Crippen LogP contribution in [-0.4, -0.2) is 24.3 Å². The predicted molar refractivity (Wildman–Crippen MR) is 68.0 cm³/mol. The lowest BCUT2D eigenvalue weighted by Gasteiger charge is -2.51. The summed E-state index contributed by atoms with van der Waals surface area (Å²) >= 11 is 0. The van der Waals surface area contributed by atoms with E-state index in [1.54, 1.807) is 0 Å². The highest BCUT2D eigenvalue weighted by Gasteiger charge is 2.66. The number of carbonyl (C=O) groups excluding carboxylic acids is 1. The molecule has 3 fully saturated rings.